The molecule has 0 radical (unpaired) electrons. The summed E-state index contributed by atoms with van der Waals surface area (Å²) in [6.07, 6.45) is 0. The molecule has 0 aromatic heterocycles. The Labute approximate surface area is 181 Å². The largest absolute Gasteiger partial charge is 0.394 e. The zero-order valence-electron chi connectivity index (χ0n) is 15.4. The van der Waals surface area contributed by atoms with Crippen LogP contribution in [0.15, 0.2) is 53.0 Å². The van der Waals surface area contributed by atoms with Gasteiger partial charge in [0.05, 0.1) is 25.9 Å². The van der Waals surface area contributed by atoms with Gasteiger partial charge in [-0.1, -0.05) is 57.9 Å². The van der Waals surface area contributed by atoms with E-state index in [0.717, 1.165) is 4.47 Å². The molecule has 29 heavy (non-hydrogen) atoms. The first kappa shape index (κ1) is 21.6. The van der Waals surface area contributed by atoms with Crippen molar-refractivity contribution in [1.29, 1.82) is 0 Å². The van der Waals surface area contributed by atoms with Crippen LogP contribution in [-0.2, 0) is 14.3 Å². The number of carbonyl (C=O) groups is 3. The van der Waals surface area contributed by atoms with E-state index in [1.807, 2.05) is 0 Å². The van der Waals surface area contributed by atoms with E-state index < -0.39 is 29.4 Å². The van der Waals surface area contributed by atoms with E-state index in [1.165, 1.54) is 4.90 Å². The molecule has 0 spiro atoms. The number of Topliss-reactive ketones (excluding diaryl/α,β-unsaturated/α-hetero) is 2. The highest BCUT2D eigenvalue weighted by Crippen LogP contribution is 2.40. The predicted molar refractivity (Wildman–Crippen MR) is 111 cm³/mol. The summed E-state index contributed by atoms with van der Waals surface area (Å²) in [6, 6.07) is 12.7. The minimum absolute atomic E-state index is 0.102. The highest BCUT2D eigenvalue weighted by Gasteiger charge is 2.51. The van der Waals surface area contributed by atoms with Gasteiger partial charge in [0, 0.05) is 21.6 Å². The third kappa shape index (κ3) is 4.59. The van der Waals surface area contributed by atoms with Gasteiger partial charge in [-0.25, -0.2) is 0 Å². The third-order valence-electron chi connectivity index (χ3n) is 4.75. The molecule has 0 bridgehead atoms. The van der Waals surface area contributed by atoms with Crippen LogP contribution in [0, 0.1) is 5.92 Å². The number of hydrogen-bond donors (Lipinski definition) is 1. The summed E-state index contributed by atoms with van der Waals surface area (Å²) in [6.45, 7) is 0.198. The van der Waals surface area contributed by atoms with Crippen molar-refractivity contribution in [3.05, 3.63) is 69.2 Å². The van der Waals surface area contributed by atoms with E-state index >= 15 is 0 Å². The second-order valence-corrected chi connectivity index (χ2v) is 7.84. The Kier molecular flexibility index (Phi) is 7.18. The average Bonchev–Trinajstić information content (AvgIpc) is 2.96. The van der Waals surface area contributed by atoms with Gasteiger partial charge in [0.25, 0.3) is 5.91 Å². The lowest BCUT2D eigenvalue weighted by Gasteiger charge is -2.27. The van der Waals surface area contributed by atoms with Crippen molar-refractivity contribution < 1.29 is 24.2 Å². The highest BCUT2D eigenvalue weighted by atomic mass is 79.9. The molecule has 0 saturated carbocycles. The molecular weight excluding hydrogens is 462 g/mol. The molecule has 6 nitrogen and oxygen atoms in total. The van der Waals surface area contributed by atoms with E-state index in [4.69, 9.17) is 21.4 Å². The standard InChI is InChI=1S/C21H19BrClNO5/c22-14-7-5-13(6-8-14)19(26)17-18(15-3-1-2-4-16(15)23)24(21(28)20(17)27)9-11-29-12-10-25/h1-8,17-18,25H,9-12H2. The molecule has 152 valence electrons. The van der Waals surface area contributed by atoms with Gasteiger partial charge in [-0.15, -0.1) is 0 Å². The molecule has 1 amide bonds. The lowest BCUT2D eigenvalue weighted by molar-refractivity contribution is -0.141. The number of hydrogen-bond acceptors (Lipinski definition) is 5. The number of ether oxygens (including phenoxy) is 1. The molecular formula is C21H19BrClNO5. The second-order valence-electron chi connectivity index (χ2n) is 6.51. The van der Waals surface area contributed by atoms with E-state index in [0.29, 0.717) is 16.1 Å². The number of rotatable bonds is 8. The second kappa shape index (κ2) is 9.63. The summed E-state index contributed by atoms with van der Waals surface area (Å²) >= 11 is 9.67. The van der Waals surface area contributed by atoms with Gasteiger partial charge >= 0.3 is 0 Å². The van der Waals surface area contributed by atoms with Crippen molar-refractivity contribution in [3.8, 4) is 0 Å². The van der Waals surface area contributed by atoms with Crippen LogP contribution in [-0.4, -0.2) is 53.8 Å². The minimum Gasteiger partial charge on any atom is -0.394 e. The number of nitrogens with zero attached hydrogens (tertiary/aromatic N) is 1. The molecule has 2 aromatic carbocycles. The van der Waals surface area contributed by atoms with Crippen molar-refractivity contribution in [2.75, 3.05) is 26.4 Å². The first-order valence-electron chi connectivity index (χ1n) is 9.03. The number of carbonyl (C=O) groups excluding carboxylic acids is 3. The van der Waals surface area contributed by atoms with Crippen LogP contribution in [0.25, 0.3) is 0 Å². The van der Waals surface area contributed by atoms with Gasteiger partial charge in [-0.05, 0) is 23.8 Å². The summed E-state index contributed by atoms with van der Waals surface area (Å²) in [5.41, 5.74) is 0.876. The number of ketones is 2. The predicted octanol–water partition coefficient (Wildman–Crippen LogP) is 3.06. The zero-order chi connectivity index (χ0) is 21.0. The molecule has 1 fully saturated rings. The van der Waals surface area contributed by atoms with Gasteiger partial charge in [0.2, 0.25) is 5.78 Å². The lowest BCUT2D eigenvalue weighted by atomic mass is 9.86. The fourth-order valence-corrected chi connectivity index (χ4v) is 3.92. The Morgan fingerprint density at radius 2 is 1.79 bits per heavy atom. The Morgan fingerprint density at radius 3 is 2.45 bits per heavy atom. The van der Waals surface area contributed by atoms with Gasteiger partial charge in [-0.3, -0.25) is 14.4 Å². The summed E-state index contributed by atoms with van der Waals surface area (Å²) in [5, 5.41) is 9.22. The van der Waals surface area contributed by atoms with Gasteiger partial charge in [-0.2, -0.15) is 0 Å². The quantitative estimate of drug-likeness (QED) is 0.272. The Bertz CT molecular complexity index is 918. The maximum absolute atomic E-state index is 13.2. The van der Waals surface area contributed by atoms with E-state index in [-0.39, 0.29) is 26.4 Å². The smallest absolute Gasteiger partial charge is 0.291 e. The van der Waals surface area contributed by atoms with Crippen molar-refractivity contribution in [2.24, 2.45) is 5.92 Å². The number of benzene rings is 2. The summed E-state index contributed by atoms with van der Waals surface area (Å²) in [5.74, 6) is -3.12. The van der Waals surface area contributed by atoms with Crippen molar-refractivity contribution in [2.45, 2.75) is 6.04 Å². The Hall–Kier alpha value is -2.06. The van der Waals surface area contributed by atoms with Crippen LogP contribution in [0.1, 0.15) is 22.0 Å². The fraction of sp³-hybridized carbons (Fsp3) is 0.286. The summed E-state index contributed by atoms with van der Waals surface area (Å²) < 4.78 is 6.06. The molecule has 2 atom stereocenters. The molecule has 1 saturated heterocycles. The lowest BCUT2D eigenvalue weighted by Crippen LogP contribution is -2.34. The zero-order valence-corrected chi connectivity index (χ0v) is 17.7. The number of halogens is 2. The van der Waals surface area contributed by atoms with Crippen LogP contribution in [0.2, 0.25) is 5.02 Å². The minimum atomic E-state index is -1.19. The summed E-state index contributed by atoms with van der Waals surface area (Å²) in [4.78, 5) is 40.1. The van der Waals surface area contributed by atoms with Crippen LogP contribution in [0.4, 0.5) is 0 Å². The van der Waals surface area contributed by atoms with Crippen LogP contribution >= 0.6 is 27.5 Å². The number of amides is 1. The monoisotopic (exact) mass is 479 g/mol. The first-order chi connectivity index (χ1) is 14.0. The SMILES string of the molecule is O=C1C(=O)N(CCOCCO)C(c2ccccc2Cl)C1C(=O)c1ccc(Br)cc1. The van der Waals surface area contributed by atoms with Crippen LogP contribution in [0.5, 0.6) is 0 Å². The molecule has 3 rings (SSSR count). The number of likely N-dealkylation sites (tertiary alicyclic amines) is 1. The normalized spacial score (nSPS) is 19.1. The first-order valence-corrected chi connectivity index (χ1v) is 10.2. The van der Waals surface area contributed by atoms with E-state index in [2.05, 4.69) is 15.9 Å². The molecule has 8 heteroatoms. The maximum atomic E-state index is 13.2. The van der Waals surface area contributed by atoms with Crippen LogP contribution in [0.3, 0.4) is 0 Å². The maximum Gasteiger partial charge on any atom is 0.291 e. The number of aliphatic hydroxyl groups is 1. The molecule has 2 aromatic rings. The van der Waals surface area contributed by atoms with Gasteiger partial charge in [0.1, 0.15) is 5.92 Å². The van der Waals surface area contributed by atoms with E-state index in [1.54, 1.807) is 48.5 Å². The molecule has 2 unspecified atom stereocenters. The topological polar surface area (TPSA) is 83.9 Å². The van der Waals surface area contributed by atoms with Crippen molar-refractivity contribution in [3.63, 3.8) is 0 Å². The van der Waals surface area contributed by atoms with Gasteiger partial charge < -0.3 is 14.7 Å². The molecule has 1 heterocycles. The molecule has 0 aliphatic carbocycles. The van der Waals surface area contributed by atoms with Crippen molar-refractivity contribution >= 4 is 45.0 Å². The Balaban J connectivity index is 1.99. The molecule has 1 aliphatic heterocycles. The van der Waals surface area contributed by atoms with Crippen LogP contribution < -0.4 is 0 Å². The summed E-state index contributed by atoms with van der Waals surface area (Å²) in [7, 11) is 0. The average molecular weight is 481 g/mol. The van der Waals surface area contributed by atoms with E-state index in [9.17, 15) is 14.4 Å². The highest BCUT2D eigenvalue weighted by molar-refractivity contribution is 9.10. The Morgan fingerprint density at radius 1 is 1.10 bits per heavy atom. The third-order valence-corrected chi connectivity index (χ3v) is 5.63. The van der Waals surface area contributed by atoms with Gasteiger partial charge in [0.15, 0.2) is 5.78 Å². The number of aliphatic hydroxyl groups excluding tert-OH is 1. The molecule has 1 aliphatic rings. The fourth-order valence-electron chi connectivity index (χ4n) is 3.41. The van der Waals surface area contributed by atoms with Crippen molar-refractivity contribution in [1.82, 2.24) is 4.90 Å². The molecule has 1 N–H and O–H groups in total.